The lowest BCUT2D eigenvalue weighted by atomic mass is 10.0. The molecule has 0 aromatic carbocycles. The monoisotopic (exact) mass is 253 g/mol. The molecule has 0 spiro atoms. The Hall–Kier alpha value is -0.660. The Balaban J connectivity index is 4.36. The van der Waals surface area contributed by atoms with Crippen LogP contribution in [0, 0.1) is 5.92 Å². The molecule has 0 heterocycles. The van der Waals surface area contributed by atoms with Crippen molar-refractivity contribution in [2.24, 2.45) is 5.92 Å². The third-order valence-corrected chi connectivity index (χ3v) is 3.56. The molecule has 0 aromatic heterocycles. The number of carboxylic acids is 1. The minimum absolute atomic E-state index is 0.0479. The van der Waals surface area contributed by atoms with Crippen LogP contribution in [0.15, 0.2) is 0 Å². The van der Waals surface area contributed by atoms with Gasteiger partial charge in [-0.05, 0) is 12.3 Å². The zero-order valence-corrected chi connectivity index (χ0v) is 10.3. The van der Waals surface area contributed by atoms with E-state index in [1.165, 1.54) is 0 Å². The van der Waals surface area contributed by atoms with Gasteiger partial charge < -0.3 is 10.2 Å². The molecule has 0 aromatic rings. The van der Waals surface area contributed by atoms with Crippen LogP contribution in [-0.2, 0) is 14.8 Å². The molecule has 1 atom stereocenters. The standard InChI is InChI=1S/C9H19NO5S/c1-7(2)8(3-5-11)10-16(14,15)6-4-9(12)13/h7-8,10-11H,3-6H2,1-2H3,(H,12,13). The summed E-state index contributed by atoms with van der Waals surface area (Å²) in [4.78, 5) is 10.3. The Morgan fingerprint density at radius 3 is 2.31 bits per heavy atom. The highest BCUT2D eigenvalue weighted by molar-refractivity contribution is 7.89. The van der Waals surface area contributed by atoms with Gasteiger partial charge in [0.25, 0.3) is 0 Å². The molecule has 16 heavy (non-hydrogen) atoms. The lowest BCUT2D eigenvalue weighted by molar-refractivity contribution is -0.136. The number of sulfonamides is 1. The van der Waals surface area contributed by atoms with Gasteiger partial charge in [0, 0.05) is 12.6 Å². The summed E-state index contributed by atoms with van der Waals surface area (Å²) in [6, 6.07) is -0.358. The summed E-state index contributed by atoms with van der Waals surface area (Å²) < 4.78 is 25.3. The highest BCUT2D eigenvalue weighted by Crippen LogP contribution is 2.07. The number of carboxylic acid groups (broad SMARTS) is 1. The molecule has 0 radical (unpaired) electrons. The van der Waals surface area contributed by atoms with Crippen molar-refractivity contribution < 1.29 is 23.4 Å². The molecule has 0 aliphatic heterocycles. The van der Waals surface area contributed by atoms with E-state index in [1.54, 1.807) is 0 Å². The molecule has 7 heteroatoms. The third-order valence-electron chi connectivity index (χ3n) is 2.16. The highest BCUT2D eigenvalue weighted by Gasteiger charge is 2.20. The molecular weight excluding hydrogens is 234 g/mol. The molecule has 0 amide bonds. The van der Waals surface area contributed by atoms with Crippen LogP contribution in [0.4, 0.5) is 0 Å². The first-order valence-electron chi connectivity index (χ1n) is 5.11. The number of nitrogens with one attached hydrogen (secondary N) is 1. The van der Waals surface area contributed by atoms with E-state index in [9.17, 15) is 13.2 Å². The van der Waals surface area contributed by atoms with Crippen molar-refractivity contribution >= 4 is 16.0 Å². The van der Waals surface area contributed by atoms with E-state index in [1.807, 2.05) is 13.8 Å². The van der Waals surface area contributed by atoms with E-state index in [0.717, 1.165) is 0 Å². The Bertz CT molecular complexity index is 312. The summed E-state index contributed by atoms with van der Waals surface area (Å²) in [5, 5.41) is 17.2. The second kappa shape index (κ2) is 6.82. The SMILES string of the molecule is CC(C)C(CCO)NS(=O)(=O)CCC(=O)O. The average molecular weight is 253 g/mol. The molecule has 0 saturated carbocycles. The molecule has 0 rings (SSSR count). The number of aliphatic hydroxyl groups is 1. The van der Waals surface area contributed by atoms with Gasteiger partial charge >= 0.3 is 5.97 Å². The van der Waals surface area contributed by atoms with E-state index in [-0.39, 0.29) is 18.6 Å². The molecule has 1 unspecified atom stereocenters. The second-order valence-electron chi connectivity index (χ2n) is 3.94. The normalized spacial score (nSPS) is 14.0. The Morgan fingerprint density at radius 1 is 1.38 bits per heavy atom. The van der Waals surface area contributed by atoms with Gasteiger partial charge in [-0.15, -0.1) is 0 Å². The Morgan fingerprint density at radius 2 is 1.94 bits per heavy atom. The van der Waals surface area contributed by atoms with Gasteiger partial charge in [-0.2, -0.15) is 0 Å². The Kier molecular flexibility index (Phi) is 6.54. The molecule has 0 bridgehead atoms. The molecule has 6 nitrogen and oxygen atoms in total. The smallest absolute Gasteiger partial charge is 0.304 e. The average Bonchev–Trinajstić information content (AvgIpc) is 2.14. The maximum absolute atomic E-state index is 11.5. The van der Waals surface area contributed by atoms with Crippen LogP contribution in [0.2, 0.25) is 0 Å². The number of hydrogen-bond acceptors (Lipinski definition) is 4. The molecule has 0 fully saturated rings. The fraction of sp³-hybridized carbons (Fsp3) is 0.889. The fourth-order valence-electron chi connectivity index (χ4n) is 1.18. The maximum atomic E-state index is 11.5. The summed E-state index contributed by atoms with van der Waals surface area (Å²) in [6.45, 7) is 3.56. The highest BCUT2D eigenvalue weighted by atomic mass is 32.2. The Labute approximate surface area is 95.7 Å². The second-order valence-corrected chi connectivity index (χ2v) is 5.82. The van der Waals surface area contributed by atoms with Crippen LogP contribution in [0.5, 0.6) is 0 Å². The molecule has 96 valence electrons. The maximum Gasteiger partial charge on any atom is 0.304 e. The van der Waals surface area contributed by atoms with Crippen molar-refractivity contribution in [1.29, 1.82) is 0 Å². The predicted molar refractivity (Wildman–Crippen MR) is 59.5 cm³/mol. The van der Waals surface area contributed by atoms with Gasteiger partial charge in [0.05, 0.1) is 12.2 Å². The van der Waals surface area contributed by atoms with Crippen LogP contribution in [-0.4, -0.2) is 43.0 Å². The topological polar surface area (TPSA) is 104 Å². The summed E-state index contributed by atoms with van der Waals surface area (Å²) >= 11 is 0. The lowest BCUT2D eigenvalue weighted by Crippen LogP contribution is -2.40. The number of rotatable bonds is 8. The van der Waals surface area contributed by atoms with E-state index in [2.05, 4.69) is 4.72 Å². The summed E-state index contributed by atoms with van der Waals surface area (Å²) in [6.07, 6.45) is -0.0940. The van der Waals surface area contributed by atoms with Crippen LogP contribution in [0.3, 0.4) is 0 Å². The van der Waals surface area contributed by atoms with Crippen molar-refractivity contribution in [3.63, 3.8) is 0 Å². The van der Waals surface area contributed by atoms with Crippen molar-refractivity contribution in [1.82, 2.24) is 4.72 Å². The molecule has 0 saturated heterocycles. The zero-order valence-electron chi connectivity index (χ0n) is 9.51. The molecule has 0 aliphatic carbocycles. The largest absolute Gasteiger partial charge is 0.481 e. The zero-order chi connectivity index (χ0) is 12.8. The van der Waals surface area contributed by atoms with Gasteiger partial charge in [0.2, 0.25) is 10.0 Å². The van der Waals surface area contributed by atoms with Crippen molar-refractivity contribution in [2.45, 2.75) is 32.7 Å². The molecular formula is C9H19NO5S. The number of aliphatic carboxylic acids is 1. The first kappa shape index (κ1) is 15.3. The van der Waals surface area contributed by atoms with Crippen LogP contribution in [0.1, 0.15) is 26.7 Å². The van der Waals surface area contributed by atoms with Crippen molar-refractivity contribution in [3.8, 4) is 0 Å². The lowest BCUT2D eigenvalue weighted by Gasteiger charge is -2.21. The van der Waals surface area contributed by atoms with E-state index < -0.39 is 28.2 Å². The summed E-state index contributed by atoms with van der Waals surface area (Å²) in [7, 11) is -3.59. The van der Waals surface area contributed by atoms with Crippen molar-refractivity contribution in [3.05, 3.63) is 0 Å². The molecule has 0 aliphatic rings. The van der Waals surface area contributed by atoms with Gasteiger partial charge in [-0.25, -0.2) is 13.1 Å². The minimum atomic E-state index is -3.59. The predicted octanol–water partition coefficient (Wildman–Crippen LogP) is -0.212. The minimum Gasteiger partial charge on any atom is -0.481 e. The third kappa shape index (κ3) is 6.76. The van der Waals surface area contributed by atoms with E-state index in [4.69, 9.17) is 10.2 Å². The number of hydrogen-bond donors (Lipinski definition) is 3. The first-order chi connectivity index (χ1) is 7.28. The summed E-state index contributed by atoms with van der Waals surface area (Å²) in [5.74, 6) is -1.53. The van der Waals surface area contributed by atoms with Gasteiger partial charge in [0.15, 0.2) is 0 Å². The van der Waals surface area contributed by atoms with Gasteiger partial charge in [0.1, 0.15) is 0 Å². The van der Waals surface area contributed by atoms with Crippen LogP contribution < -0.4 is 4.72 Å². The van der Waals surface area contributed by atoms with E-state index in [0.29, 0.717) is 6.42 Å². The number of aliphatic hydroxyl groups excluding tert-OH is 1. The van der Waals surface area contributed by atoms with Gasteiger partial charge in [-0.1, -0.05) is 13.8 Å². The van der Waals surface area contributed by atoms with Crippen LogP contribution >= 0.6 is 0 Å². The van der Waals surface area contributed by atoms with Gasteiger partial charge in [-0.3, -0.25) is 4.79 Å². The van der Waals surface area contributed by atoms with Crippen molar-refractivity contribution in [2.75, 3.05) is 12.4 Å². The van der Waals surface area contributed by atoms with E-state index >= 15 is 0 Å². The number of carbonyl (C=O) groups is 1. The quantitative estimate of drug-likeness (QED) is 0.555. The summed E-state index contributed by atoms with van der Waals surface area (Å²) in [5.41, 5.74) is 0. The first-order valence-corrected chi connectivity index (χ1v) is 6.76. The molecule has 3 N–H and O–H groups in total. The fourth-order valence-corrected chi connectivity index (χ4v) is 2.59. The van der Waals surface area contributed by atoms with Crippen LogP contribution in [0.25, 0.3) is 0 Å².